The van der Waals surface area contributed by atoms with E-state index < -0.39 is 20.8 Å². The highest BCUT2D eigenvalue weighted by atomic mass is 32.3. The zero-order valence-electron chi connectivity index (χ0n) is 28.6. The van der Waals surface area contributed by atoms with Crippen LogP contribution >= 0.6 is 0 Å². The molecule has 258 valence electrons. The maximum Gasteiger partial charge on any atom is 0.446 e. The lowest BCUT2D eigenvalue weighted by Gasteiger charge is -2.56. The lowest BCUT2D eigenvalue weighted by atomic mass is 9.48. The Balaban J connectivity index is 1.45. The van der Waals surface area contributed by atoms with Gasteiger partial charge in [-0.2, -0.15) is 16.8 Å². The summed E-state index contributed by atoms with van der Waals surface area (Å²) in [6, 6.07) is 3.82. The van der Waals surface area contributed by atoms with Gasteiger partial charge in [0.15, 0.2) is 0 Å². The van der Waals surface area contributed by atoms with Crippen molar-refractivity contribution < 1.29 is 34.3 Å². The van der Waals surface area contributed by atoms with Crippen molar-refractivity contribution in [1.29, 1.82) is 0 Å². The van der Waals surface area contributed by atoms with Gasteiger partial charge < -0.3 is 8.37 Å². The SMILES string of the molecule is CC1CCC2C(=CCCC2(C)C)C1(C)CCC1(C)CCCC2C1=CCC(C)C2(C)Cc1cc(OS(=O)(=O)O)ccc1OS(=O)(=O)O. The molecule has 0 spiro atoms. The Labute approximate surface area is 277 Å². The fourth-order valence-electron chi connectivity index (χ4n) is 9.91. The smallest absolute Gasteiger partial charge is 0.362 e. The maximum absolute atomic E-state index is 11.7. The van der Waals surface area contributed by atoms with Crippen LogP contribution in [0.3, 0.4) is 0 Å². The Morgan fingerprint density at radius 2 is 1.50 bits per heavy atom. The van der Waals surface area contributed by atoms with Crippen LogP contribution in [-0.2, 0) is 27.2 Å². The van der Waals surface area contributed by atoms with E-state index in [4.69, 9.17) is 8.37 Å². The third-order valence-corrected chi connectivity index (χ3v) is 14.0. The van der Waals surface area contributed by atoms with Gasteiger partial charge in [-0.3, -0.25) is 9.11 Å². The van der Waals surface area contributed by atoms with Crippen LogP contribution in [0.5, 0.6) is 11.5 Å². The number of allylic oxidation sites excluding steroid dienone is 4. The van der Waals surface area contributed by atoms with Gasteiger partial charge in [0.05, 0.1) is 0 Å². The van der Waals surface area contributed by atoms with Crippen LogP contribution < -0.4 is 8.37 Å². The highest BCUT2D eigenvalue weighted by Gasteiger charge is 2.52. The first-order valence-electron chi connectivity index (χ1n) is 17.0. The first kappa shape index (κ1) is 35.4. The minimum absolute atomic E-state index is 0.0361. The summed E-state index contributed by atoms with van der Waals surface area (Å²) in [5, 5.41) is 0. The van der Waals surface area contributed by atoms with Crippen molar-refractivity contribution >= 4 is 20.8 Å². The van der Waals surface area contributed by atoms with Crippen molar-refractivity contribution in [3.8, 4) is 11.5 Å². The first-order valence-corrected chi connectivity index (χ1v) is 19.8. The van der Waals surface area contributed by atoms with Gasteiger partial charge >= 0.3 is 20.8 Å². The molecule has 2 fully saturated rings. The lowest BCUT2D eigenvalue weighted by molar-refractivity contribution is 0.0437. The van der Waals surface area contributed by atoms with E-state index in [0.717, 1.165) is 38.5 Å². The van der Waals surface area contributed by atoms with E-state index in [-0.39, 0.29) is 39.6 Å². The molecule has 0 bridgehead atoms. The monoisotopic (exact) mass is 678 g/mol. The van der Waals surface area contributed by atoms with Gasteiger partial charge in [0.25, 0.3) is 0 Å². The number of fused-ring (bicyclic) bond motifs is 2. The topological polar surface area (TPSA) is 127 Å². The third kappa shape index (κ3) is 6.96. The van der Waals surface area contributed by atoms with Crippen LogP contribution in [-0.4, -0.2) is 25.9 Å². The highest BCUT2D eigenvalue weighted by Crippen LogP contribution is 2.62. The molecule has 1 aromatic carbocycles. The molecule has 2 N–H and O–H groups in total. The van der Waals surface area contributed by atoms with Gasteiger partial charge in [-0.1, -0.05) is 78.2 Å². The van der Waals surface area contributed by atoms with Crippen molar-refractivity contribution in [2.45, 2.75) is 119 Å². The van der Waals surface area contributed by atoms with Gasteiger partial charge in [-0.05, 0) is 128 Å². The Bertz CT molecular complexity index is 1610. The normalized spacial score (nSPS) is 36.1. The molecule has 8 nitrogen and oxygen atoms in total. The van der Waals surface area contributed by atoms with Crippen LogP contribution in [0.15, 0.2) is 41.5 Å². The number of rotatable bonds is 9. The molecular weight excluding hydrogens is 625 g/mol. The molecule has 2 saturated carbocycles. The Morgan fingerprint density at radius 3 is 2.17 bits per heavy atom. The van der Waals surface area contributed by atoms with E-state index >= 15 is 0 Å². The van der Waals surface area contributed by atoms with Crippen molar-refractivity contribution in [2.75, 3.05) is 0 Å². The molecule has 7 atom stereocenters. The summed E-state index contributed by atoms with van der Waals surface area (Å²) in [7, 11) is -9.63. The third-order valence-electron chi connectivity index (χ3n) is 13.2. The summed E-state index contributed by atoms with van der Waals surface area (Å²) < 4.78 is 74.9. The summed E-state index contributed by atoms with van der Waals surface area (Å²) in [5.41, 5.74) is 3.82. The van der Waals surface area contributed by atoms with E-state index in [1.165, 1.54) is 49.5 Å². The molecular formula is C36H54O8S2. The van der Waals surface area contributed by atoms with Crippen LogP contribution in [0.4, 0.5) is 0 Å². The second-order valence-electron chi connectivity index (χ2n) is 16.4. The molecule has 0 amide bonds. The molecule has 0 heterocycles. The number of hydrogen-bond donors (Lipinski definition) is 2. The van der Waals surface area contributed by atoms with E-state index in [2.05, 4.69) is 60.6 Å². The summed E-state index contributed by atoms with van der Waals surface area (Å²) in [6.07, 6.45) is 16.8. The van der Waals surface area contributed by atoms with Gasteiger partial charge in [0.2, 0.25) is 0 Å². The van der Waals surface area contributed by atoms with Crippen LogP contribution in [0.25, 0.3) is 0 Å². The van der Waals surface area contributed by atoms with Crippen molar-refractivity contribution in [3.05, 3.63) is 47.1 Å². The fourth-order valence-corrected chi connectivity index (χ4v) is 10.6. The molecule has 0 aliphatic heterocycles. The van der Waals surface area contributed by atoms with Gasteiger partial charge in [-0.25, -0.2) is 0 Å². The quantitative estimate of drug-likeness (QED) is 0.196. The Hall–Kier alpha value is -1.88. The van der Waals surface area contributed by atoms with Crippen LogP contribution in [0, 0.1) is 45.3 Å². The summed E-state index contributed by atoms with van der Waals surface area (Å²) >= 11 is 0. The molecule has 46 heavy (non-hydrogen) atoms. The minimum Gasteiger partial charge on any atom is -0.362 e. The van der Waals surface area contributed by atoms with E-state index in [9.17, 15) is 25.9 Å². The van der Waals surface area contributed by atoms with Gasteiger partial charge in [0.1, 0.15) is 11.5 Å². The van der Waals surface area contributed by atoms with Gasteiger partial charge in [-0.15, -0.1) is 0 Å². The van der Waals surface area contributed by atoms with E-state index in [0.29, 0.717) is 29.2 Å². The molecule has 0 radical (unpaired) electrons. The molecule has 0 aromatic heterocycles. The molecule has 10 heteroatoms. The van der Waals surface area contributed by atoms with E-state index in [1.807, 2.05) is 0 Å². The molecule has 0 saturated heterocycles. The molecule has 4 aliphatic rings. The summed E-state index contributed by atoms with van der Waals surface area (Å²) in [5.74, 6) is 1.51. The second kappa shape index (κ2) is 12.2. The van der Waals surface area contributed by atoms with E-state index in [1.54, 1.807) is 5.57 Å². The molecule has 5 rings (SSSR count). The first-order chi connectivity index (χ1) is 21.2. The molecule has 4 aliphatic carbocycles. The summed E-state index contributed by atoms with van der Waals surface area (Å²) in [4.78, 5) is 0. The predicted octanol–water partition coefficient (Wildman–Crippen LogP) is 8.95. The highest BCUT2D eigenvalue weighted by molar-refractivity contribution is 7.81. The van der Waals surface area contributed by atoms with Gasteiger partial charge in [0, 0.05) is 5.56 Å². The Morgan fingerprint density at radius 1 is 0.804 bits per heavy atom. The average Bonchev–Trinajstić information content (AvgIpc) is 2.92. The fraction of sp³-hybridized carbons (Fsp3) is 0.722. The van der Waals surface area contributed by atoms with Crippen LogP contribution in [0.1, 0.15) is 118 Å². The zero-order chi connectivity index (χ0) is 33.9. The molecule has 7 unspecified atom stereocenters. The Kier molecular flexibility index (Phi) is 9.41. The zero-order valence-corrected chi connectivity index (χ0v) is 30.3. The van der Waals surface area contributed by atoms with Crippen molar-refractivity contribution in [1.82, 2.24) is 0 Å². The lowest BCUT2D eigenvalue weighted by Crippen LogP contribution is -2.47. The maximum atomic E-state index is 11.7. The largest absolute Gasteiger partial charge is 0.446 e. The second-order valence-corrected chi connectivity index (χ2v) is 18.5. The predicted molar refractivity (Wildman–Crippen MR) is 180 cm³/mol. The van der Waals surface area contributed by atoms with Crippen molar-refractivity contribution in [3.63, 3.8) is 0 Å². The minimum atomic E-state index is -4.83. The average molecular weight is 679 g/mol. The molecule has 1 aromatic rings. The van der Waals surface area contributed by atoms with Crippen LogP contribution in [0.2, 0.25) is 0 Å². The van der Waals surface area contributed by atoms with Crippen molar-refractivity contribution in [2.24, 2.45) is 45.3 Å². The standard InChI is InChI=1S/C36H54O8S2/c1-24-12-15-28-30(10-8-18-33(28,3)4)35(24,6)21-20-34(5)19-9-11-31-29(34)16-13-25(2)36(31,7)23-26-22-27(43-45(37,38)39)14-17-32(26)44-46(40,41)42/h10,14,16-17,22,24-25,28,31H,8-9,11-13,15,18-21,23H2,1-7H3,(H,37,38,39)(H,40,41,42). The summed E-state index contributed by atoms with van der Waals surface area (Å²) in [6.45, 7) is 16.8. The number of benzene rings is 1. The number of hydrogen-bond acceptors (Lipinski definition) is 6.